The number of hydrogen-bond acceptors (Lipinski definition) is 7. The van der Waals surface area contributed by atoms with E-state index in [1.165, 1.54) is 109 Å². The maximum absolute atomic E-state index is 13.0. The van der Waals surface area contributed by atoms with Gasteiger partial charge in [0.2, 0.25) is 0 Å². The molecule has 0 aliphatic rings. The number of esters is 2. The number of nitrogens with zero attached hydrogens (tertiary/aromatic N) is 1. The zero-order chi connectivity index (χ0) is 77.4. The molecule has 0 heterocycles. The molecule has 1 N–H and O–H groups in total. The first kappa shape index (κ1) is 100. The fourth-order valence-electron chi connectivity index (χ4n) is 11.0. The van der Waals surface area contributed by atoms with E-state index < -0.39 is 24.3 Å². The van der Waals surface area contributed by atoms with Gasteiger partial charge in [-0.25, -0.2) is 4.79 Å². The first-order valence-electron chi connectivity index (χ1n) is 42.5. The van der Waals surface area contributed by atoms with Crippen LogP contribution in [-0.4, -0.2) is 87.4 Å². The van der Waals surface area contributed by atoms with E-state index in [-0.39, 0.29) is 38.6 Å². The van der Waals surface area contributed by atoms with Gasteiger partial charge in [0, 0.05) is 12.8 Å². The van der Waals surface area contributed by atoms with Crippen LogP contribution in [0.25, 0.3) is 0 Å². The maximum Gasteiger partial charge on any atom is 0.361 e. The third-order valence-corrected chi connectivity index (χ3v) is 17.4. The van der Waals surface area contributed by atoms with Crippen LogP contribution in [0.1, 0.15) is 309 Å². The number of carbonyl (C=O) groups excluding carboxylic acids is 2. The van der Waals surface area contributed by atoms with Gasteiger partial charge < -0.3 is 28.5 Å². The second-order valence-corrected chi connectivity index (χ2v) is 28.7. The summed E-state index contributed by atoms with van der Waals surface area (Å²) in [4.78, 5) is 37.8. The molecule has 0 amide bonds. The molecule has 9 nitrogen and oxygen atoms in total. The number of unbranched alkanes of at least 4 members (excludes halogenated alkanes) is 23. The molecule has 0 bridgehead atoms. The van der Waals surface area contributed by atoms with Crippen LogP contribution in [0.5, 0.6) is 0 Å². The number of allylic oxidation sites excluding steroid dienone is 38. The molecular weight excluding hydrogens is 1320 g/mol. The van der Waals surface area contributed by atoms with Gasteiger partial charge in [-0.15, -0.1) is 0 Å². The molecule has 0 radical (unpaired) electrons. The van der Waals surface area contributed by atoms with Gasteiger partial charge in [0.25, 0.3) is 6.29 Å². The summed E-state index contributed by atoms with van der Waals surface area (Å²) in [5.41, 5.74) is 0. The second kappa shape index (κ2) is 85.0. The molecule has 0 aromatic carbocycles. The van der Waals surface area contributed by atoms with E-state index in [0.29, 0.717) is 17.4 Å². The summed E-state index contributed by atoms with van der Waals surface area (Å²) in [6.07, 6.45) is 132. The van der Waals surface area contributed by atoms with E-state index >= 15 is 0 Å². The highest BCUT2D eigenvalue weighted by Gasteiger charge is 2.25. The lowest BCUT2D eigenvalue weighted by Crippen LogP contribution is -2.40. The average molecular weight is 1480 g/mol. The Bertz CT molecular complexity index is 2630. The van der Waals surface area contributed by atoms with Crippen molar-refractivity contribution in [3.05, 3.63) is 231 Å². The highest BCUT2D eigenvalue weighted by molar-refractivity contribution is 5.71. The van der Waals surface area contributed by atoms with E-state index in [1.54, 1.807) is 0 Å². The van der Waals surface area contributed by atoms with Gasteiger partial charge in [0.1, 0.15) is 13.2 Å². The van der Waals surface area contributed by atoms with Crippen LogP contribution in [0.2, 0.25) is 0 Å². The Balaban J connectivity index is 4.11. The zero-order valence-corrected chi connectivity index (χ0v) is 68.7. The van der Waals surface area contributed by atoms with Crippen LogP contribution < -0.4 is 0 Å². The molecule has 0 aromatic rings. The van der Waals surface area contributed by atoms with Crippen molar-refractivity contribution in [1.29, 1.82) is 0 Å². The van der Waals surface area contributed by atoms with Crippen molar-refractivity contribution < 1.29 is 42.9 Å². The Morgan fingerprint density at radius 2 is 0.505 bits per heavy atom. The third-order valence-electron chi connectivity index (χ3n) is 17.4. The molecule has 0 spiro atoms. The lowest BCUT2D eigenvalue weighted by atomic mass is 10.0. The molecule has 0 aliphatic carbocycles. The predicted octanol–water partition coefficient (Wildman–Crippen LogP) is 28.1. The third kappa shape index (κ3) is 86.5. The number of likely N-dealkylation sites (N-methyl/N-ethyl adjacent to an activating group) is 1. The quantitative estimate of drug-likeness (QED) is 0.0211. The Hall–Kier alpha value is -6.65. The summed E-state index contributed by atoms with van der Waals surface area (Å²) < 4.78 is 23.0. The molecule has 0 aliphatic heterocycles. The summed E-state index contributed by atoms with van der Waals surface area (Å²) in [7, 11) is 5.97. The number of ether oxygens (including phenoxy) is 4. The van der Waals surface area contributed by atoms with Crippen molar-refractivity contribution in [2.75, 3.05) is 47.5 Å². The monoisotopic (exact) mass is 1480 g/mol. The average Bonchev–Trinajstić information content (AvgIpc) is 0.965. The number of rotatable bonds is 76. The summed E-state index contributed by atoms with van der Waals surface area (Å²) in [6.45, 7) is 4.63. The number of carboxylic acid groups (broad SMARTS) is 1. The van der Waals surface area contributed by atoms with E-state index in [2.05, 4.69) is 245 Å². The fraction of sp³-hybridized carbons (Fsp3) is 0.582. The zero-order valence-electron chi connectivity index (χ0n) is 68.7. The van der Waals surface area contributed by atoms with Crippen molar-refractivity contribution in [3.63, 3.8) is 0 Å². The number of hydrogen-bond donors (Lipinski definition) is 1. The maximum atomic E-state index is 13.0. The van der Waals surface area contributed by atoms with Crippen LogP contribution in [-0.2, 0) is 33.3 Å². The van der Waals surface area contributed by atoms with Crippen molar-refractivity contribution in [2.45, 2.75) is 322 Å². The molecule has 0 saturated heterocycles. The molecule has 9 heteroatoms. The van der Waals surface area contributed by atoms with Gasteiger partial charge in [0.15, 0.2) is 6.10 Å². The highest BCUT2D eigenvalue weighted by atomic mass is 16.7. The van der Waals surface area contributed by atoms with Crippen molar-refractivity contribution in [2.24, 2.45) is 0 Å². The van der Waals surface area contributed by atoms with E-state index in [9.17, 15) is 19.5 Å². The standard InChI is InChI=1S/C98H155NO8/c1-6-8-10-12-14-16-18-20-22-24-26-28-30-32-34-36-38-40-42-44-46-48-50-52-54-56-58-60-62-64-66-68-70-72-74-76-78-80-82-84-86-88-95(100)105-92-94(93-106-98(97(102)103)104-91-90-99(3,4)5)107-96(101)89-87-85-83-81-79-77-75-73-71-69-67-65-63-61-59-57-55-53-51-49-47-45-43-41-39-37-35-33-31-29-27-25-23-21-19-17-15-13-11-9-7-2/h8-11,14-17,20-23,26-29,32-35,38-41,44-47,50-53,57,59,63,65,69,71,94,98H,6-7,12-13,18-19,24-25,30-31,36-37,42-43,48-49,54-56,58,60-62,64,66-68,70,72-93H2,1-5H3/p+1/b10-8-,11-9-,16-14-,17-15-,22-20-,23-21-,28-26-,29-27-,34-32-,35-33-,40-38-,41-39-,46-44-,47-45-,52-50-,53-51-,59-57-,65-63-,71-69-. The lowest BCUT2D eigenvalue weighted by Gasteiger charge is -2.25. The normalized spacial score (nSPS) is 13.8. The first-order valence-corrected chi connectivity index (χ1v) is 42.5. The molecule has 0 aromatic heterocycles. The fourth-order valence-corrected chi connectivity index (χ4v) is 11.0. The topological polar surface area (TPSA) is 108 Å². The van der Waals surface area contributed by atoms with Gasteiger partial charge in [-0.05, 0) is 161 Å². The van der Waals surface area contributed by atoms with Crippen LogP contribution in [0.4, 0.5) is 0 Å². The van der Waals surface area contributed by atoms with Crippen molar-refractivity contribution in [1.82, 2.24) is 0 Å². The minimum absolute atomic E-state index is 0.175. The smallest absolute Gasteiger partial charge is 0.361 e. The molecule has 0 rings (SSSR count). The minimum Gasteiger partial charge on any atom is -0.477 e. The number of carbonyl (C=O) groups is 3. The van der Waals surface area contributed by atoms with Crippen LogP contribution in [0, 0.1) is 0 Å². The first-order chi connectivity index (χ1) is 52.6. The van der Waals surface area contributed by atoms with E-state index in [0.717, 1.165) is 167 Å². The molecule has 0 fully saturated rings. The summed E-state index contributed by atoms with van der Waals surface area (Å²) in [6, 6.07) is 0. The van der Waals surface area contributed by atoms with Crippen LogP contribution in [0.15, 0.2) is 231 Å². The molecule has 600 valence electrons. The van der Waals surface area contributed by atoms with Crippen molar-refractivity contribution >= 4 is 17.9 Å². The van der Waals surface area contributed by atoms with Gasteiger partial charge in [-0.1, -0.05) is 367 Å². The minimum atomic E-state index is -1.53. The summed E-state index contributed by atoms with van der Waals surface area (Å²) in [5.74, 6) is -2.03. The second-order valence-electron chi connectivity index (χ2n) is 28.7. The summed E-state index contributed by atoms with van der Waals surface area (Å²) in [5, 5.41) is 9.79. The molecular formula is C98H156NO8+. The van der Waals surface area contributed by atoms with E-state index in [1.807, 2.05) is 21.1 Å². The van der Waals surface area contributed by atoms with Crippen molar-refractivity contribution in [3.8, 4) is 0 Å². The molecule has 2 unspecified atom stereocenters. The Kier molecular flexibility index (Phi) is 79.7. The Morgan fingerprint density at radius 3 is 0.748 bits per heavy atom. The van der Waals surface area contributed by atoms with Crippen LogP contribution >= 0.6 is 0 Å². The lowest BCUT2D eigenvalue weighted by molar-refractivity contribution is -0.870. The number of quaternary nitrogens is 1. The van der Waals surface area contributed by atoms with Gasteiger partial charge in [-0.3, -0.25) is 9.59 Å². The predicted molar refractivity (Wildman–Crippen MR) is 464 cm³/mol. The molecule has 2 atom stereocenters. The largest absolute Gasteiger partial charge is 0.477 e. The van der Waals surface area contributed by atoms with Gasteiger partial charge >= 0.3 is 17.9 Å². The van der Waals surface area contributed by atoms with Gasteiger partial charge in [0.05, 0.1) is 34.4 Å². The number of carboxylic acids is 1. The molecule has 107 heavy (non-hydrogen) atoms. The summed E-state index contributed by atoms with van der Waals surface area (Å²) >= 11 is 0. The van der Waals surface area contributed by atoms with E-state index in [4.69, 9.17) is 18.9 Å². The highest BCUT2D eigenvalue weighted by Crippen LogP contribution is 2.17. The Labute approximate surface area is 657 Å². The van der Waals surface area contributed by atoms with Crippen LogP contribution in [0.3, 0.4) is 0 Å². The molecule has 0 saturated carbocycles. The Morgan fingerprint density at radius 1 is 0.280 bits per heavy atom. The number of aliphatic carboxylic acids is 1. The SMILES string of the molecule is CC/C=C\C/C=C\C/C=C\C/C=C\C/C=C\C/C=C\C/C=C\C/C=C\C/C=C\C/C=C\C/C=C\CCCCCCCCCC(=O)OC(COC(=O)CCCCCCCCCCCCCCCCCC/C=C\C/C=C\C/C=C\C/C=C\C/C=C\C/C=C\C/C=C\C/C=C\CC)COC(OCC[N+](C)(C)C)C(=O)O. The van der Waals surface area contributed by atoms with Gasteiger partial charge in [-0.2, -0.15) is 0 Å².